The minimum atomic E-state index is -0.608. The average Bonchev–Trinajstić information content (AvgIpc) is 2.96. The molecule has 0 unspecified atom stereocenters. The quantitative estimate of drug-likeness (QED) is 0.361. The highest BCUT2D eigenvalue weighted by atomic mass is 35.5. The number of rotatable bonds is 6. The van der Waals surface area contributed by atoms with E-state index >= 15 is 0 Å². The van der Waals surface area contributed by atoms with Crippen molar-refractivity contribution in [2.24, 2.45) is 0 Å². The van der Waals surface area contributed by atoms with Crippen LogP contribution in [-0.4, -0.2) is 18.4 Å². The van der Waals surface area contributed by atoms with Gasteiger partial charge in [-0.05, 0) is 24.1 Å². The Morgan fingerprint density at radius 3 is 2.50 bits per heavy atom. The molecule has 2 aromatic carbocycles. The average molecular weight is 407 g/mol. The fourth-order valence-corrected chi connectivity index (χ4v) is 4.27. The van der Waals surface area contributed by atoms with Gasteiger partial charge in [0.2, 0.25) is 0 Å². The zero-order valence-electron chi connectivity index (χ0n) is 14.1. The predicted molar refractivity (Wildman–Crippen MR) is 107 cm³/mol. The maximum Gasteiger partial charge on any atom is 0.350 e. The number of halogens is 2. The fourth-order valence-electron chi connectivity index (χ4n) is 2.60. The number of thiophene rings is 1. The highest BCUT2D eigenvalue weighted by Crippen LogP contribution is 2.37. The SMILES string of the molecule is CCCc1ccc(C(=O)COC(=O)c2sc3cc(Cl)ccc3c2Cl)cc1. The fraction of sp³-hybridized carbons (Fsp3) is 0.200. The third-order valence-electron chi connectivity index (χ3n) is 3.93. The van der Waals surface area contributed by atoms with Crippen LogP contribution in [0.3, 0.4) is 0 Å². The van der Waals surface area contributed by atoms with Crippen LogP contribution in [0.4, 0.5) is 0 Å². The van der Waals surface area contributed by atoms with Gasteiger partial charge >= 0.3 is 5.97 Å². The van der Waals surface area contributed by atoms with Crippen LogP contribution in [-0.2, 0) is 11.2 Å². The van der Waals surface area contributed by atoms with Gasteiger partial charge in [-0.25, -0.2) is 4.79 Å². The van der Waals surface area contributed by atoms with Crippen LogP contribution < -0.4 is 0 Å². The van der Waals surface area contributed by atoms with Crippen molar-refractivity contribution in [2.45, 2.75) is 19.8 Å². The molecule has 134 valence electrons. The third kappa shape index (κ3) is 4.09. The molecule has 0 spiro atoms. The van der Waals surface area contributed by atoms with Crippen LogP contribution in [0.2, 0.25) is 10.0 Å². The summed E-state index contributed by atoms with van der Waals surface area (Å²) in [4.78, 5) is 24.8. The van der Waals surface area contributed by atoms with Crippen molar-refractivity contribution in [3.63, 3.8) is 0 Å². The van der Waals surface area contributed by atoms with Crippen molar-refractivity contribution in [3.05, 3.63) is 68.5 Å². The van der Waals surface area contributed by atoms with Crippen molar-refractivity contribution in [3.8, 4) is 0 Å². The lowest BCUT2D eigenvalue weighted by Gasteiger charge is -2.05. The molecule has 0 radical (unpaired) electrons. The van der Waals surface area contributed by atoms with E-state index in [1.807, 2.05) is 12.1 Å². The lowest BCUT2D eigenvalue weighted by Crippen LogP contribution is -2.13. The summed E-state index contributed by atoms with van der Waals surface area (Å²) in [7, 11) is 0. The molecule has 3 rings (SSSR count). The lowest BCUT2D eigenvalue weighted by atomic mass is 10.1. The number of ketones is 1. The molecule has 0 aliphatic rings. The standard InChI is InChI=1S/C20H16Cl2O3S/c1-2-3-12-4-6-13(7-5-12)16(23)11-25-20(24)19-18(22)15-9-8-14(21)10-17(15)26-19/h4-10H,2-3,11H2,1H3. The minimum Gasteiger partial charge on any atom is -0.453 e. The van der Waals surface area contributed by atoms with E-state index in [2.05, 4.69) is 6.92 Å². The first-order valence-corrected chi connectivity index (χ1v) is 9.73. The first-order valence-electron chi connectivity index (χ1n) is 8.16. The highest BCUT2D eigenvalue weighted by Gasteiger charge is 2.20. The van der Waals surface area contributed by atoms with Crippen LogP contribution in [0.1, 0.15) is 38.9 Å². The van der Waals surface area contributed by atoms with Gasteiger partial charge in [0.05, 0.1) is 5.02 Å². The summed E-state index contributed by atoms with van der Waals surface area (Å²) >= 11 is 13.4. The summed E-state index contributed by atoms with van der Waals surface area (Å²) in [6.45, 7) is 1.78. The van der Waals surface area contributed by atoms with Crippen molar-refractivity contribution >= 4 is 56.4 Å². The Hall–Kier alpha value is -1.88. The van der Waals surface area contributed by atoms with Gasteiger partial charge < -0.3 is 4.74 Å². The summed E-state index contributed by atoms with van der Waals surface area (Å²) in [6.07, 6.45) is 2.02. The summed E-state index contributed by atoms with van der Waals surface area (Å²) in [5, 5.41) is 1.63. The van der Waals surface area contributed by atoms with E-state index in [0.717, 1.165) is 22.9 Å². The van der Waals surface area contributed by atoms with Crippen molar-refractivity contribution in [2.75, 3.05) is 6.61 Å². The van der Waals surface area contributed by atoms with Crippen LogP contribution in [0.15, 0.2) is 42.5 Å². The second-order valence-electron chi connectivity index (χ2n) is 5.83. The highest BCUT2D eigenvalue weighted by molar-refractivity contribution is 7.21. The van der Waals surface area contributed by atoms with Gasteiger partial charge in [0.1, 0.15) is 4.88 Å². The molecule has 0 amide bonds. The topological polar surface area (TPSA) is 43.4 Å². The largest absolute Gasteiger partial charge is 0.453 e. The molecule has 3 nitrogen and oxygen atoms in total. The van der Waals surface area contributed by atoms with Crippen LogP contribution >= 0.6 is 34.5 Å². The molecule has 1 heterocycles. The molecule has 0 aliphatic heterocycles. The van der Waals surface area contributed by atoms with E-state index in [1.165, 1.54) is 16.9 Å². The lowest BCUT2D eigenvalue weighted by molar-refractivity contribution is 0.0480. The smallest absolute Gasteiger partial charge is 0.350 e. The van der Waals surface area contributed by atoms with Gasteiger partial charge in [-0.1, -0.05) is 66.9 Å². The first-order chi connectivity index (χ1) is 12.5. The number of ether oxygens (including phenoxy) is 1. The van der Waals surface area contributed by atoms with Crippen LogP contribution in [0.25, 0.3) is 10.1 Å². The molecular weight excluding hydrogens is 391 g/mol. The zero-order valence-corrected chi connectivity index (χ0v) is 16.4. The summed E-state index contributed by atoms with van der Waals surface area (Å²) in [5.74, 6) is -0.857. The molecule has 0 N–H and O–H groups in total. The molecule has 0 saturated heterocycles. The summed E-state index contributed by atoms with van der Waals surface area (Å²) in [6, 6.07) is 12.6. The Kier molecular flexibility index (Phi) is 5.97. The maximum atomic E-state index is 12.3. The Balaban J connectivity index is 1.68. The monoisotopic (exact) mass is 406 g/mol. The molecule has 0 aliphatic carbocycles. The number of hydrogen-bond acceptors (Lipinski definition) is 4. The number of carbonyl (C=O) groups is 2. The number of hydrogen-bond donors (Lipinski definition) is 0. The molecule has 1 aromatic heterocycles. The zero-order chi connectivity index (χ0) is 18.7. The predicted octanol–water partition coefficient (Wildman–Crippen LogP) is 6.20. The maximum absolute atomic E-state index is 12.3. The minimum absolute atomic E-state index is 0.248. The number of carbonyl (C=O) groups excluding carboxylic acids is 2. The molecule has 26 heavy (non-hydrogen) atoms. The van der Waals surface area contributed by atoms with E-state index in [0.29, 0.717) is 15.6 Å². The van der Waals surface area contributed by atoms with Gasteiger partial charge in [-0.2, -0.15) is 0 Å². The van der Waals surface area contributed by atoms with Crippen LogP contribution in [0.5, 0.6) is 0 Å². The van der Waals surface area contributed by atoms with Crippen LogP contribution in [0, 0.1) is 0 Å². The van der Waals surface area contributed by atoms with E-state index in [4.69, 9.17) is 27.9 Å². The molecule has 6 heteroatoms. The van der Waals surface area contributed by atoms with E-state index in [-0.39, 0.29) is 17.3 Å². The normalized spacial score (nSPS) is 10.9. The number of aryl methyl sites for hydroxylation is 1. The molecule has 0 atom stereocenters. The van der Waals surface area contributed by atoms with Gasteiger partial charge in [-0.3, -0.25) is 4.79 Å². The Morgan fingerprint density at radius 2 is 1.81 bits per heavy atom. The molecular formula is C20H16Cl2O3S. The number of fused-ring (bicyclic) bond motifs is 1. The third-order valence-corrected chi connectivity index (χ3v) is 5.80. The van der Waals surface area contributed by atoms with E-state index in [9.17, 15) is 9.59 Å². The molecule has 0 fully saturated rings. The summed E-state index contributed by atoms with van der Waals surface area (Å²) in [5.41, 5.74) is 1.70. The second kappa shape index (κ2) is 8.21. The summed E-state index contributed by atoms with van der Waals surface area (Å²) < 4.78 is 5.97. The molecule has 0 bridgehead atoms. The van der Waals surface area contributed by atoms with E-state index < -0.39 is 5.97 Å². The number of benzene rings is 2. The van der Waals surface area contributed by atoms with E-state index in [1.54, 1.807) is 30.3 Å². The van der Waals surface area contributed by atoms with Gasteiger partial charge in [0.15, 0.2) is 12.4 Å². The Bertz CT molecular complexity index is 961. The Morgan fingerprint density at radius 1 is 1.08 bits per heavy atom. The molecule has 0 saturated carbocycles. The number of esters is 1. The van der Waals surface area contributed by atoms with Crippen molar-refractivity contribution in [1.29, 1.82) is 0 Å². The van der Waals surface area contributed by atoms with Gasteiger partial charge in [0, 0.05) is 20.7 Å². The van der Waals surface area contributed by atoms with Crippen molar-refractivity contribution < 1.29 is 14.3 Å². The van der Waals surface area contributed by atoms with Gasteiger partial charge in [-0.15, -0.1) is 11.3 Å². The van der Waals surface area contributed by atoms with Crippen molar-refractivity contribution in [1.82, 2.24) is 0 Å². The number of Topliss-reactive ketones (excluding diaryl/α,β-unsaturated/α-hetero) is 1. The molecule has 3 aromatic rings. The van der Waals surface area contributed by atoms with Gasteiger partial charge in [0.25, 0.3) is 0 Å². The first kappa shape index (κ1) is 18.9. The Labute approximate surface area is 165 Å². The second-order valence-corrected chi connectivity index (χ2v) is 7.70.